The molecule has 218 valence electrons. The molecule has 1 amide bonds. The predicted molar refractivity (Wildman–Crippen MR) is 150 cm³/mol. The normalized spacial score (nSPS) is 11.2. The van der Waals surface area contributed by atoms with Gasteiger partial charge in [0.05, 0.1) is 45.0 Å². The molecule has 0 radical (unpaired) electrons. The number of oxazole rings is 1. The summed E-state index contributed by atoms with van der Waals surface area (Å²) in [5.74, 6) is 0.264. The van der Waals surface area contributed by atoms with Crippen LogP contribution in [0.1, 0.15) is 19.3 Å². The number of azide groups is 1. The van der Waals surface area contributed by atoms with Crippen LogP contribution in [0.25, 0.3) is 43.8 Å². The Morgan fingerprint density at radius 1 is 1.07 bits per heavy atom. The number of hydrogen-bond donors (Lipinski definition) is 3. The highest BCUT2D eigenvalue weighted by Crippen LogP contribution is 2.32. The van der Waals surface area contributed by atoms with Crippen LogP contribution in [0, 0.1) is 0 Å². The number of anilines is 2. The molecule has 0 aliphatic carbocycles. The second kappa shape index (κ2) is 15.3. The van der Waals surface area contributed by atoms with E-state index in [1.54, 1.807) is 10.7 Å². The molecule has 4 rings (SSSR count). The third-order valence-corrected chi connectivity index (χ3v) is 5.97. The van der Waals surface area contributed by atoms with Gasteiger partial charge in [-0.3, -0.25) is 4.79 Å². The van der Waals surface area contributed by atoms with E-state index in [0.717, 1.165) is 18.4 Å². The van der Waals surface area contributed by atoms with Crippen molar-refractivity contribution in [2.24, 2.45) is 5.11 Å². The number of fused-ring (bicyclic) bond motifs is 2. The van der Waals surface area contributed by atoms with Crippen molar-refractivity contribution in [1.82, 2.24) is 30.0 Å². The molecule has 3 heterocycles. The maximum absolute atomic E-state index is 12.1. The van der Waals surface area contributed by atoms with Gasteiger partial charge in [0.15, 0.2) is 11.2 Å². The number of amides is 1. The van der Waals surface area contributed by atoms with Crippen molar-refractivity contribution in [3.8, 4) is 11.3 Å². The first-order chi connectivity index (χ1) is 20.1. The number of carbonyl (C=O) groups excluding carboxylic acids is 1. The Morgan fingerprint density at radius 2 is 1.85 bits per heavy atom. The number of aromatic nitrogens is 5. The summed E-state index contributed by atoms with van der Waals surface area (Å²) in [6.45, 7) is 3.74. The minimum Gasteiger partial charge on any atom is -0.424 e. The number of nitrogens with zero attached hydrogens (tertiary/aromatic N) is 8. The predicted octanol–water partition coefficient (Wildman–Crippen LogP) is 2.45. The SMILES string of the molecule is [N-]=[N+]=NCCOCCOCCOCCC(=O)NCCCCn1nc(-c2ccc3oc(N)nc3c2)c2c(N)ncnc21. The van der Waals surface area contributed by atoms with Gasteiger partial charge in [0.2, 0.25) is 5.91 Å². The van der Waals surface area contributed by atoms with Crippen LogP contribution >= 0.6 is 0 Å². The molecular formula is C25H33N11O5. The molecule has 0 atom stereocenters. The second-order valence-electron chi connectivity index (χ2n) is 8.86. The van der Waals surface area contributed by atoms with Gasteiger partial charge in [-0.25, -0.2) is 14.6 Å². The molecule has 0 aliphatic rings. The average molecular weight is 568 g/mol. The minimum absolute atomic E-state index is 0.0735. The highest BCUT2D eigenvalue weighted by Gasteiger charge is 2.18. The van der Waals surface area contributed by atoms with Crippen LogP contribution in [0.2, 0.25) is 0 Å². The molecule has 1 aromatic carbocycles. The van der Waals surface area contributed by atoms with E-state index in [0.29, 0.717) is 92.9 Å². The first-order valence-corrected chi connectivity index (χ1v) is 13.2. The fraction of sp³-hybridized carbons (Fsp3) is 0.480. The van der Waals surface area contributed by atoms with Gasteiger partial charge in [0, 0.05) is 36.5 Å². The molecule has 16 nitrogen and oxygen atoms in total. The summed E-state index contributed by atoms with van der Waals surface area (Å²) in [5, 5.41) is 11.7. The van der Waals surface area contributed by atoms with Crippen LogP contribution in [0.3, 0.4) is 0 Å². The second-order valence-corrected chi connectivity index (χ2v) is 8.86. The molecule has 3 aromatic heterocycles. The summed E-state index contributed by atoms with van der Waals surface area (Å²) in [5.41, 5.74) is 23.3. The highest BCUT2D eigenvalue weighted by atomic mass is 16.5. The molecule has 0 spiro atoms. The fourth-order valence-electron chi connectivity index (χ4n) is 4.04. The Labute approximate surface area is 235 Å². The Morgan fingerprint density at radius 3 is 2.66 bits per heavy atom. The molecule has 0 saturated carbocycles. The molecule has 16 heteroatoms. The molecule has 0 fully saturated rings. The first kappa shape index (κ1) is 29.5. The van der Waals surface area contributed by atoms with Crippen molar-refractivity contribution in [2.45, 2.75) is 25.8 Å². The molecule has 0 bridgehead atoms. The van der Waals surface area contributed by atoms with E-state index in [1.807, 2.05) is 12.1 Å². The van der Waals surface area contributed by atoms with Gasteiger partial charge < -0.3 is 35.4 Å². The van der Waals surface area contributed by atoms with Crippen LogP contribution in [-0.4, -0.2) is 83.4 Å². The van der Waals surface area contributed by atoms with Crippen LogP contribution in [0.15, 0.2) is 34.1 Å². The number of carbonyl (C=O) groups is 1. The summed E-state index contributed by atoms with van der Waals surface area (Å²) in [6.07, 6.45) is 3.21. The molecule has 4 aromatic rings. The van der Waals surface area contributed by atoms with Gasteiger partial charge in [-0.1, -0.05) is 5.11 Å². The van der Waals surface area contributed by atoms with Crippen molar-refractivity contribution in [2.75, 3.05) is 64.2 Å². The Kier molecular flexibility index (Phi) is 11.0. The van der Waals surface area contributed by atoms with Crippen molar-refractivity contribution >= 4 is 39.9 Å². The van der Waals surface area contributed by atoms with E-state index in [1.165, 1.54) is 6.33 Å². The maximum Gasteiger partial charge on any atom is 0.292 e. The van der Waals surface area contributed by atoms with Crippen molar-refractivity contribution in [3.05, 3.63) is 35.0 Å². The van der Waals surface area contributed by atoms with E-state index in [-0.39, 0.29) is 18.3 Å². The van der Waals surface area contributed by atoms with Gasteiger partial charge in [0.1, 0.15) is 23.4 Å². The summed E-state index contributed by atoms with van der Waals surface area (Å²) >= 11 is 0. The molecule has 0 saturated heterocycles. The van der Waals surface area contributed by atoms with Crippen LogP contribution in [0.5, 0.6) is 0 Å². The van der Waals surface area contributed by atoms with E-state index in [9.17, 15) is 4.79 Å². The minimum atomic E-state index is -0.0735. The summed E-state index contributed by atoms with van der Waals surface area (Å²) in [4.78, 5) is 27.5. The average Bonchev–Trinajstić information content (AvgIpc) is 3.53. The zero-order chi connectivity index (χ0) is 28.9. The lowest BCUT2D eigenvalue weighted by Crippen LogP contribution is -2.26. The molecule has 0 aliphatic heterocycles. The molecule has 41 heavy (non-hydrogen) atoms. The van der Waals surface area contributed by atoms with Gasteiger partial charge in [0.25, 0.3) is 6.01 Å². The number of nitrogens with two attached hydrogens (primary N) is 2. The number of nitrogen functional groups attached to an aromatic ring is 2. The van der Waals surface area contributed by atoms with Gasteiger partial charge in [-0.05, 0) is 36.6 Å². The standard InChI is InChI=1S/C25H33N11O5/c26-23-21-22(17-3-4-19-18(15-17)33-25(27)41-19)34-36(24(21)31-16-30-23)8-2-1-6-29-20(37)5-9-38-11-13-40-14-12-39-10-7-32-35-28/h3-4,15-16H,1-2,5-14H2,(H2,27,33)(H,29,37)(H2,26,30,31). The number of rotatable bonds is 18. The topological polar surface area (TPSA) is 227 Å². The number of nitrogens with one attached hydrogen (secondary N) is 1. The lowest BCUT2D eigenvalue weighted by Gasteiger charge is -2.07. The maximum atomic E-state index is 12.1. The smallest absolute Gasteiger partial charge is 0.292 e. The quantitative estimate of drug-likeness (QED) is 0.0684. The summed E-state index contributed by atoms with van der Waals surface area (Å²) < 4.78 is 23.2. The monoisotopic (exact) mass is 567 g/mol. The van der Waals surface area contributed by atoms with Crippen molar-refractivity contribution in [1.29, 1.82) is 0 Å². The zero-order valence-electron chi connectivity index (χ0n) is 22.6. The summed E-state index contributed by atoms with van der Waals surface area (Å²) in [6, 6.07) is 5.59. The van der Waals surface area contributed by atoms with Crippen LogP contribution in [0.4, 0.5) is 11.8 Å². The lowest BCUT2D eigenvalue weighted by atomic mass is 10.1. The molecule has 5 N–H and O–H groups in total. The third kappa shape index (κ3) is 8.49. The van der Waals surface area contributed by atoms with Crippen molar-refractivity contribution in [3.63, 3.8) is 0 Å². The van der Waals surface area contributed by atoms with E-state index < -0.39 is 0 Å². The summed E-state index contributed by atoms with van der Waals surface area (Å²) in [7, 11) is 0. The van der Waals surface area contributed by atoms with E-state index >= 15 is 0 Å². The van der Waals surface area contributed by atoms with Gasteiger partial charge in [-0.2, -0.15) is 10.1 Å². The largest absolute Gasteiger partial charge is 0.424 e. The fourth-order valence-corrected chi connectivity index (χ4v) is 4.04. The van der Waals surface area contributed by atoms with Gasteiger partial charge in [-0.15, -0.1) is 0 Å². The number of benzene rings is 1. The van der Waals surface area contributed by atoms with Gasteiger partial charge >= 0.3 is 0 Å². The Bertz CT molecular complexity index is 1480. The third-order valence-electron chi connectivity index (χ3n) is 5.97. The number of unbranched alkanes of at least 4 members (excludes halogenated alkanes) is 1. The van der Waals surface area contributed by atoms with Crippen LogP contribution in [-0.2, 0) is 25.5 Å². The van der Waals surface area contributed by atoms with Crippen molar-refractivity contribution < 1.29 is 23.4 Å². The Hall–Kier alpha value is -4.50. The molecule has 0 unspecified atom stereocenters. The number of ether oxygens (including phenoxy) is 3. The first-order valence-electron chi connectivity index (χ1n) is 13.2. The Balaban J connectivity index is 1.15. The van der Waals surface area contributed by atoms with E-state index in [2.05, 4.69) is 30.3 Å². The van der Waals surface area contributed by atoms with E-state index in [4.69, 9.17) is 40.7 Å². The highest BCUT2D eigenvalue weighted by molar-refractivity contribution is 5.99. The molecular weight excluding hydrogens is 534 g/mol. The number of hydrogen-bond acceptors (Lipinski definition) is 12. The number of aryl methyl sites for hydroxylation is 1. The van der Waals surface area contributed by atoms with Crippen LogP contribution < -0.4 is 16.8 Å². The lowest BCUT2D eigenvalue weighted by molar-refractivity contribution is -0.122. The zero-order valence-corrected chi connectivity index (χ0v) is 22.6.